The minimum atomic E-state index is -0.516. The third-order valence-electron chi connectivity index (χ3n) is 1.35. The maximum Gasteiger partial charge on any atom is 0.355 e. The summed E-state index contributed by atoms with van der Waals surface area (Å²) in [5.41, 5.74) is 0.633. The number of ether oxygens (including phenoxy) is 1. The molecule has 1 rings (SSSR count). The number of nitrogens with zero attached hydrogens (tertiary/aromatic N) is 1. The van der Waals surface area contributed by atoms with Crippen LogP contribution in [0.4, 0.5) is 0 Å². The number of aldehydes is 1. The van der Waals surface area contributed by atoms with Crippen molar-refractivity contribution in [1.29, 1.82) is 0 Å². The van der Waals surface area contributed by atoms with Gasteiger partial charge in [-0.05, 0) is 6.07 Å². The molecule has 0 atom stereocenters. The second-order valence-electron chi connectivity index (χ2n) is 2.11. The molecule has 1 heterocycles. The summed E-state index contributed by atoms with van der Waals surface area (Å²) < 4.78 is 5.70. The Bertz CT molecular complexity index is 318. The molecule has 0 aliphatic carbocycles. The number of methoxy groups -OCH3 is 1. The van der Waals surface area contributed by atoms with E-state index in [2.05, 4.69) is 17.6 Å². The molecule has 0 amide bonds. The van der Waals surface area contributed by atoms with E-state index in [9.17, 15) is 9.59 Å². The smallest absolute Gasteiger partial charge is 0.355 e. The number of hydrogen-bond donors (Lipinski definition) is 1. The van der Waals surface area contributed by atoms with Gasteiger partial charge in [0, 0.05) is 11.8 Å². The van der Waals surface area contributed by atoms with Crippen LogP contribution < -0.4 is 0 Å². The van der Waals surface area contributed by atoms with Crippen LogP contribution in [0.5, 0.6) is 0 Å². The third-order valence-corrected chi connectivity index (χ3v) is 1.68. The number of carbonyl (C=O) groups is 2. The average molecular weight is 185 g/mol. The number of carbonyl (C=O) groups excluding carboxylic acids is 2. The second-order valence-corrected chi connectivity index (χ2v) is 2.54. The fourth-order valence-corrected chi connectivity index (χ4v) is 1.07. The van der Waals surface area contributed by atoms with Crippen molar-refractivity contribution < 1.29 is 14.3 Å². The van der Waals surface area contributed by atoms with Gasteiger partial charge >= 0.3 is 5.97 Å². The van der Waals surface area contributed by atoms with Crippen LogP contribution in [-0.4, -0.2) is 23.3 Å². The van der Waals surface area contributed by atoms with Gasteiger partial charge in [0.25, 0.3) is 0 Å². The standard InChI is InChI=1S/C7H7NO3S/c1-11-7(10)6-2-5(4-9)3-8(6)12/h2-4,12H,1H3. The monoisotopic (exact) mass is 185 g/mol. The van der Waals surface area contributed by atoms with E-state index in [4.69, 9.17) is 0 Å². The van der Waals surface area contributed by atoms with Crippen LogP contribution in [0.25, 0.3) is 0 Å². The predicted molar refractivity (Wildman–Crippen MR) is 45.5 cm³/mol. The zero-order valence-corrected chi connectivity index (χ0v) is 7.25. The first-order valence-corrected chi connectivity index (χ1v) is 3.54. The van der Waals surface area contributed by atoms with E-state index < -0.39 is 5.97 Å². The van der Waals surface area contributed by atoms with E-state index in [1.165, 1.54) is 23.3 Å². The van der Waals surface area contributed by atoms with Crippen LogP contribution >= 0.6 is 12.8 Å². The number of thiol groups is 1. The zero-order valence-electron chi connectivity index (χ0n) is 6.35. The van der Waals surface area contributed by atoms with E-state index in [0.717, 1.165) is 0 Å². The van der Waals surface area contributed by atoms with E-state index in [0.29, 0.717) is 11.8 Å². The molecular formula is C7H7NO3S. The van der Waals surface area contributed by atoms with E-state index in [1.807, 2.05) is 0 Å². The first kappa shape index (κ1) is 8.86. The molecule has 0 aromatic carbocycles. The maximum absolute atomic E-state index is 11.0. The van der Waals surface area contributed by atoms with Gasteiger partial charge in [-0.15, -0.1) is 0 Å². The summed E-state index contributed by atoms with van der Waals surface area (Å²) in [7, 11) is 1.27. The highest BCUT2D eigenvalue weighted by molar-refractivity contribution is 7.78. The van der Waals surface area contributed by atoms with Crippen molar-refractivity contribution in [2.24, 2.45) is 0 Å². The number of esters is 1. The molecule has 5 heteroatoms. The molecule has 4 nitrogen and oxygen atoms in total. The molecule has 0 aliphatic rings. The first-order chi connectivity index (χ1) is 5.69. The highest BCUT2D eigenvalue weighted by Gasteiger charge is 2.11. The largest absolute Gasteiger partial charge is 0.464 e. The molecule has 0 bridgehead atoms. The Balaban J connectivity index is 3.07. The van der Waals surface area contributed by atoms with Crippen molar-refractivity contribution in [3.63, 3.8) is 0 Å². The molecule has 1 aromatic rings. The van der Waals surface area contributed by atoms with Gasteiger partial charge in [0.15, 0.2) is 6.29 Å². The zero-order chi connectivity index (χ0) is 9.14. The van der Waals surface area contributed by atoms with E-state index in [1.54, 1.807) is 0 Å². The third kappa shape index (κ3) is 1.50. The van der Waals surface area contributed by atoms with Crippen LogP contribution in [0.3, 0.4) is 0 Å². The van der Waals surface area contributed by atoms with Gasteiger partial charge in [0.1, 0.15) is 5.69 Å². The minimum Gasteiger partial charge on any atom is -0.464 e. The van der Waals surface area contributed by atoms with Gasteiger partial charge in [-0.3, -0.25) is 8.77 Å². The minimum absolute atomic E-state index is 0.239. The first-order valence-electron chi connectivity index (χ1n) is 3.14. The molecule has 0 fully saturated rings. The molecule has 12 heavy (non-hydrogen) atoms. The molecule has 0 N–H and O–H groups in total. The molecule has 0 unspecified atom stereocenters. The molecule has 0 saturated heterocycles. The summed E-state index contributed by atoms with van der Waals surface area (Å²) in [6, 6.07) is 1.41. The van der Waals surface area contributed by atoms with Gasteiger partial charge in [0.05, 0.1) is 7.11 Å². The Kier molecular flexibility index (Phi) is 2.54. The molecule has 1 aromatic heterocycles. The normalized spacial score (nSPS) is 9.50. The predicted octanol–water partition coefficient (Wildman–Crippen LogP) is 0.780. The lowest BCUT2D eigenvalue weighted by Gasteiger charge is -1.97. The second kappa shape index (κ2) is 3.44. The highest BCUT2D eigenvalue weighted by Crippen LogP contribution is 2.09. The summed E-state index contributed by atoms with van der Waals surface area (Å²) in [6.07, 6.45) is 2.07. The van der Waals surface area contributed by atoms with Crippen LogP contribution in [0, 0.1) is 0 Å². The Morgan fingerprint density at radius 2 is 2.42 bits per heavy atom. The topological polar surface area (TPSA) is 48.3 Å². The van der Waals surface area contributed by atoms with Gasteiger partial charge in [-0.1, -0.05) is 12.8 Å². The van der Waals surface area contributed by atoms with Gasteiger partial charge in [0.2, 0.25) is 0 Å². The average Bonchev–Trinajstić information content (AvgIpc) is 2.45. The van der Waals surface area contributed by atoms with Crippen LogP contribution in [0.15, 0.2) is 12.3 Å². The van der Waals surface area contributed by atoms with E-state index >= 15 is 0 Å². The lowest BCUT2D eigenvalue weighted by Crippen LogP contribution is -2.03. The molecular weight excluding hydrogens is 178 g/mol. The lowest BCUT2D eigenvalue weighted by atomic mass is 10.3. The van der Waals surface area contributed by atoms with Gasteiger partial charge in [-0.25, -0.2) is 4.79 Å². The van der Waals surface area contributed by atoms with Crippen molar-refractivity contribution >= 4 is 25.1 Å². The fraction of sp³-hybridized carbons (Fsp3) is 0.143. The quantitative estimate of drug-likeness (QED) is 0.421. The Labute approximate surface area is 74.7 Å². The van der Waals surface area contributed by atoms with Crippen molar-refractivity contribution in [3.8, 4) is 0 Å². The SMILES string of the molecule is COC(=O)c1cc(C=O)cn1S. The van der Waals surface area contributed by atoms with Crippen molar-refractivity contribution in [2.45, 2.75) is 0 Å². The molecule has 64 valence electrons. The lowest BCUT2D eigenvalue weighted by molar-refractivity contribution is 0.0593. The molecule has 0 radical (unpaired) electrons. The molecule has 0 spiro atoms. The van der Waals surface area contributed by atoms with Gasteiger partial charge in [-0.2, -0.15) is 0 Å². The highest BCUT2D eigenvalue weighted by atomic mass is 32.1. The van der Waals surface area contributed by atoms with E-state index in [-0.39, 0.29) is 5.69 Å². The van der Waals surface area contributed by atoms with Crippen molar-refractivity contribution in [1.82, 2.24) is 3.97 Å². The summed E-state index contributed by atoms with van der Waals surface area (Å²) in [4.78, 5) is 21.2. The summed E-state index contributed by atoms with van der Waals surface area (Å²) in [5, 5.41) is 0. The van der Waals surface area contributed by atoms with Crippen LogP contribution in [0.1, 0.15) is 20.8 Å². The van der Waals surface area contributed by atoms with Gasteiger partial charge < -0.3 is 4.74 Å². The Hall–Kier alpha value is -1.23. The number of aromatic nitrogens is 1. The van der Waals surface area contributed by atoms with Crippen LogP contribution in [0.2, 0.25) is 0 Å². The Morgan fingerprint density at radius 3 is 2.83 bits per heavy atom. The Morgan fingerprint density at radius 1 is 1.75 bits per heavy atom. The van der Waals surface area contributed by atoms with Crippen LogP contribution in [-0.2, 0) is 4.74 Å². The summed E-state index contributed by atoms with van der Waals surface area (Å²) in [5.74, 6) is -0.516. The molecule has 0 aliphatic heterocycles. The number of hydrogen-bond acceptors (Lipinski definition) is 4. The number of rotatable bonds is 2. The fourth-order valence-electron chi connectivity index (χ4n) is 0.793. The summed E-state index contributed by atoms with van der Waals surface area (Å²) in [6.45, 7) is 0. The summed E-state index contributed by atoms with van der Waals surface area (Å²) >= 11 is 3.92. The molecule has 0 saturated carbocycles. The maximum atomic E-state index is 11.0. The van der Waals surface area contributed by atoms with Crippen molar-refractivity contribution in [3.05, 3.63) is 23.5 Å². The van der Waals surface area contributed by atoms with Crippen molar-refractivity contribution in [2.75, 3.05) is 7.11 Å².